The Kier molecular flexibility index (Phi) is 4.02. The number of likely N-dealkylation sites (N-methyl/N-ethyl adjacent to an activating group) is 1. The number of primary amides is 1. The number of carbonyl (C=O) groups is 2. The molecule has 0 fully saturated rings. The molecule has 1 rings (SSSR count). The van der Waals surface area contributed by atoms with Crippen LogP contribution in [0.2, 0.25) is 0 Å². The van der Waals surface area contributed by atoms with Crippen molar-refractivity contribution in [1.29, 1.82) is 0 Å². The van der Waals surface area contributed by atoms with Gasteiger partial charge in [-0.25, -0.2) is 0 Å². The van der Waals surface area contributed by atoms with Gasteiger partial charge in [-0.1, -0.05) is 30.3 Å². The van der Waals surface area contributed by atoms with Gasteiger partial charge < -0.3 is 16.2 Å². The zero-order valence-corrected chi connectivity index (χ0v) is 8.88. The predicted molar refractivity (Wildman–Crippen MR) is 58.5 cm³/mol. The van der Waals surface area contributed by atoms with Gasteiger partial charge in [0, 0.05) is 7.05 Å². The molecule has 5 nitrogen and oxygen atoms in total. The molecule has 2 unspecified atom stereocenters. The molecule has 0 aliphatic carbocycles. The Labute approximate surface area is 93.3 Å². The molecule has 1 aromatic rings. The van der Waals surface area contributed by atoms with Crippen LogP contribution in [-0.4, -0.2) is 30.1 Å². The Morgan fingerprint density at radius 3 is 2.31 bits per heavy atom. The largest absolute Gasteiger partial charge is 0.382 e. The molecule has 16 heavy (non-hydrogen) atoms. The van der Waals surface area contributed by atoms with E-state index < -0.39 is 23.8 Å². The number of nitrogens with two attached hydrogens (primary N) is 1. The van der Waals surface area contributed by atoms with E-state index in [2.05, 4.69) is 5.32 Å². The number of benzene rings is 1. The van der Waals surface area contributed by atoms with Gasteiger partial charge in [-0.3, -0.25) is 9.59 Å². The van der Waals surface area contributed by atoms with Crippen LogP contribution in [0.4, 0.5) is 0 Å². The second kappa shape index (κ2) is 5.27. The molecule has 1 aromatic carbocycles. The maximum Gasteiger partial charge on any atom is 0.249 e. The monoisotopic (exact) mass is 222 g/mol. The number of aliphatic hydroxyl groups is 1. The van der Waals surface area contributed by atoms with Crippen molar-refractivity contribution < 1.29 is 14.7 Å². The molecule has 0 bridgehead atoms. The summed E-state index contributed by atoms with van der Waals surface area (Å²) in [5, 5.41) is 12.0. The second-order valence-electron chi connectivity index (χ2n) is 3.35. The third-order valence-corrected chi connectivity index (χ3v) is 2.30. The average Bonchev–Trinajstić information content (AvgIpc) is 2.29. The molecule has 0 aliphatic rings. The van der Waals surface area contributed by atoms with Gasteiger partial charge >= 0.3 is 0 Å². The first-order valence-electron chi connectivity index (χ1n) is 4.82. The van der Waals surface area contributed by atoms with Crippen LogP contribution in [0.1, 0.15) is 11.5 Å². The Hall–Kier alpha value is -1.88. The third kappa shape index (κ3) is 2.58. The highest BCUT2D eigenvalue weighted by molar-refractivity contribution is 5.91. The lowest BCUT2D eigenvalue weighted by Crippen LogP contribution is -2.41. The topological polar surface area (TPSA) is 92.4 Å². The van der Waals surface area contributed by atoms with Crippen molar-refractivity contribution in [1.82, 2.24) is 5.32 Å². The van der Waals surface area contributed by atoms with E-state index in [-0.39, 0.29) is 0 Å². The minimum Gasteiger partial charge on any atom is -0.382 e. The molecule has 0 spiro atoms. The van der Waals surface area contributed by atoms with Crippen LogP contribution in [0, 0.1) is 0 Å². The fourth-order valence-corrected chi connectivity index (χ4v) is 1.46. The van der Waals surface area contributed by atoms with Gasteiger partial charge in [0.15, 0.2) is 0 Å². The average molecular weight is 222 g/mol. The summed E-state index contributed by atoms with van der Waals surface area (Å²) in [5.74, 6) is -2.39. The minimum absolute atomic E-state index is 0.520. The molecule has 4 N–H and O–H groups in total. The van der Waals surface area contributed by atoms with Crippen LogP contribution < -0.4 is 11.1 Å². The molecule has 0 saturated heterocycles. The number of rotatable bonds is 4. The maximum atomic E-state index is 11.3. The van der Waals surface area contributed by atoms with E-state index in [1.165, 1.54) is 7.05 Å². The lowest BCUT2D eigenvalue weighted by molar-refractivity contribution is -0.135. The SMILES string of the molecule is CNC(=O)C(O)C(C(N)=O)c1ccccc1. The first-order valence-corrected chi connectivity index (χ1v) is 4.82. The van der Waals surface area contributed by atoms with E-state index in [1.54, 1.807) is 30.3 Å². The van der Waals surface area contributed by atoms with E-state index in [4.69, 9.17) is 5.73 Å². The van der Waals surface area contributed by atoms with Crippen LogP contribution in [0.3, 0.4) is 0 Å². The first-order chi connectivity index (χ1) is 7.57. The van der Waals surface area contributed by atoms with Gasteiger partial charge in [-0.15, -0.1) is 0 Å². The van der Waals surface area contributed by atoms with Crippen molar-refractivity contribution in [3.8, 4) is 0 Å². The lowest BCUT2D eigenvalue weighted by atomic mass is 9.92. The molecule has 0 aromatic heterocycles. The highest BCUT2D eigenvalue weighted by Gasteiger charge is 2.31. The predicted octanol–water partition coefficient (Wildman–Crippen LogP) is -0.638. The molecule has 0 radical (unpaired) electrons. The van der Waals surface area contributed by atoms with Gasteiger partial charge in [0.05, 0.1) is 5.92 Å². The summed E-state index contributed by atoms with van der Waals surface area (Å²) in [6, 6.07) is 8.47. The van der Waals surface area contributed by atoms with E-state index in [9.17, 15) is 14.7 Å². The van der Waals surface area contributed by atoms with Gasteiger partial charge in [0.1, 0.15) is 6.10 Å². The van der Waals surface area contributed by atoms with Gasteiger partial charge in [-0.2, -0.15) is 0 Å². The van der Waals surface area contributed by atoms with Crippen molar-refractivity contribution in [3.63, 3.8) is 0 Å². The summed E-state index contributed by atoms with van der Waals surface area (Å²) >= 11 is 0. The number of amides is 2. The molecule has 2 amide bonds. The van der Waals surface area contributed by atoms with Crippen LogP contribution in [0.25, 0.3) is 0 Å². The highest BCUT2D eigenvalue weighted by Crippen LogP contribution is 2.19. The van der Waals surface area contributed by atoms with Crippen molar-refractivity contribution in [2.45, 2.75) is 12.0 Å². The quantitative estimate of drug-likeness (QED) is 0.632. The molecule has 86 valence electrons. The Bertz CT molecular complexity index is 378. The first kappa shape index (κ1) is 12.2. The van der Waals surface area contributed by atoms with E-state index in [0.29, 0.717) is 5.56 Å². The molecule has 2 atom stereocenters. The van der Waals surface area contributed by atoms with E-state index in [1.807, 2.05) is 0 Å². The van der Waals surface area contributed by atoms with Crippen molar-refractivity contribution in [2.24, 2.45) is 5.73 Å². The van der Waals surface area contributed by atoms with Gasteiger partial charge in [0.2, 0.25) is 11.8 Å². The van der Waals surface area contributed by atoms with Crippen molar-refractivity contribution in [2.75, 3.05) is 7.05 Å². The number of nitrogens with one attached hydrogen (secondary N) is 1. The van der Waals surface area contributed by atoms with Gasteiger partial charge in [0.25, 0.3) is 0 Å². The number of carbonyl (C=O) groups excluding carboxylic acids is 2. The second-order valence-corrected chi connectivity index (χ2v) is 3.35. The van der Waals surface area contributed by atoms with Crippen LogP contribution in [0.5, 0.6) is 0 Å². The minimum atomic E-state index is -1.47. The Morgan fingerprint density at radius 1 is 1.31 bits per heavy atom. The molecule has 0 heterocycles. The lowest BCUT2D eigenvalue weighted by Gasteiger charge is -2.18. The van der Waals surface area contributed by atoms with Crippen LogP contribution in [-0.2, 0) is 9.59 Å². The molecule has 5 heteroatoms. The summed E-state index contributed by atoms with van der Waals surface area (Å²) in [5.41, 5.74) is 5.70. The fraction of sp³-hybridized carbons (Fsp3) is 0.273. The van der Waals surface area contributed by atoms with Gasteiger partial charge in [-0.05, 0) is 5.56 Å². The van der Waals surface area contributed by atoms with Crippen LogP contribution in [0.15, 0.2) is 30.3 Å². The number of hydrogen-bond acceptors (Lipinski definition) is 3. The smallest absolute Gasteiger partial charge is 0.249 e. The molecular weight excluding hydrogens is 208 g/mol. The summed E-state index contributed by atoms with van der Waals surface area (Å²) in [7, 11) is 1.38. The normalized spacial score (nSPS) is 13.9. The Morgan fingerprint density at radius 2 is 1.88 bits per heavy atom. The molecule has 0 aliphatic heterocycles. The Balaban J connectivity index is 3.01. The highest BCUT2D eigenvalue weighted by atomic mass is 16.3. The third-order valence-electron chi connectivity index (χ3n) is 2.30. The number of aliphatic hydroxyl groups excluding tert-OH is 1. The molecule has 0 saturated carbocycles. The summed E-state index contributed by atoms with van der Waals surface area (Å²) < 4.78 is 0. The summed E-state index contributed by atoms with van der Waals surface area (Å²) in [6.45, 7) is 0. The van der Waals surface area contributed by atoms with Crippen molar-refractivity contribution in [3.05, 3.63) is 35.9 Å². The zero-order chi connectivity index (χ0) is 12.1. The van der Waals surface area contributed by atoms with E-state index in [0.717, 1.165) is 0 Å². The fourth-order valence-electron chi connectivity index (χ4n) is 1.46. The summed E-state index contributed by atoms with van der Waals surface area (Å²) in [6.07, 6.45) is -1.47. The zero-order valence-electron chi connectivity index (χ0n) is 8.88. The standard InChI is InChI=1S/C11H14N2O3/c1-13-11(16)9(14)8(10(12)15)7-5-3-2-4-6-7/h2-6,8-9,14H,1H3,(H2,12,15)(H,13,16). The number of hydrogen-bond donors (Lipinski definition) is 3. The van der Waals surface area contributed by atoms with Crippen molar-refractivity contribution >= 4 is 11.8 Å². The molecular formula is C11H14N2O3. The summed E-state index contributed by atoms with van der Waals surface area (Å²) in [4.78, 5) is 22.5. The maximum absolute atomic E-state index is 11.3. The van der Waals surface area contributed by atoms with Crippen LogP contribution >= 0.6 is 0 Å². The van der Waals surface area contributed by atoms with E-state index >= 15 is 0 Å².